The Bertz CT molecular complexity index is 1130. The quantitative estimate of drug-likeness (QED) is 0.518. The van der Waals surface area contributed by atoms with Gasteiger partial charge in [0, 0.05) is 18.7 Å². The number of aromatic nitrogens is 2. The number of carbonyl (C=O) groups excluding carboxylic acids is 1. The summed E-state index contributed by atoms with van der Waals surface area (Å²) in [7, 11) is 0. The molecule has 0 aliphatic carbocycles. The van der Waals surface area contributed by atoms with E-state index >= 15 is 0 Å². The number of hydrogen-bond donors (Lipinski definition) is 1. The van der Waals surface area contributed by atoms with Gasteiger partial charge in [0.1, 0.15) is 0 Å². The van der Waals surface area contributed by atoms with Crippen molar-refractivity contribution in [1.82, 2.24) is 10.2 Å². The Hall–Kier alpha value is -3.05. The van der Waals surface area contributed by atoms with Crippen LogP contribution >= 0.6 is 11.8 Å². The highest BCUT2D eigenvalue weighted by atomic mass is 32.2. The lowest BCUT2D eigenvalue weighted by Gasteiger charge is -2.31. The maximum Gasteiger partial charge on any atom is 0.416 e. The number of alkyl halides is 3. The molecule has 1 fully saturated rings. The van der Waals surface area contributed by atoms with Gasteiger partial charge in [-0.3, -0.25) is 4.79 Å². The second-order valence-electron chi connectivity index (χ2n) is 7.35. The van der Waals surface area contributed by atoms with Gasteiger partial charge in [-0.2, -0.15) is 13.2 Å². The molecule has 2 aromatic carbocycles. The summed E-state index contributed by atoms with van der Waals surface area (Å²) in [4.78, 5) is 14.3. The van der Waals surface area contributed by atoms with Crippen molar-refractivity contribution >= 4 is 29.0 Å². The van der Waals surface area contributed by atoms with Gasteiger partial charge in [-0.1, -0.05) is 30.0 Å². The zero-order valence-electron chi connectivity index (χ0n) is 17.7. The van der Waals surface area contributed by atoms with Crippen LogP contribution in [0.25, 0.3) is 11.5 Å². The fourth-order valence-corrected chi connectivity index (χ4v) is 3.95. The number of anilines is 2. The number of aryl methyl sites for hydroxylation is 1. The van der Waals surface area contributed by atoms with Crippen molar-refractivity contribution in [3.8, 4) is 11.5 Å². The number of morpholine rings is 1. The maximum absolute atomic E-state index is 13.2. The van der Waals surface area contributed by atoms with Crippen molar-refractivity contribution in [1.29, 1.82) is 0 Å². The first-order valence-corrected chi connectivity index (χ1v) is 11.2. The first-order valence-electron chi connectivity index (χ1n) is 10.2. The van der Waals surface area contributed by atoms with E-state index in [2.05, 4.69) is 15.5 Å². The molecule has 1 saturated heterocycles. The number of nitrogens with zero attached hydrogens (tertiary/aromatic N) is 3. The number of halogens is 3. The Morgan fingerprint density at radius 3 is 2.64 bits per heavy atom. The summed E-state index contributed by atoms with van der Waals surface area (Å²) in [5, 5.41) is 10.9. The lowest BCUT2D eigenvalue weighted by molar-refractivity contribution is -0.137. The monoisotopic (exact) mass is 478 g/mol. The van der Waals surface area contributed by atoms with Crippen LogP contribution in [-0.4, -0.2) is 48.2 Å². The highest BCUT2D eigenvalue weighted by molar-refractivity contribution is 7.99. The van der Waals surface area contributed by atoms with Gasteiger partial charge in [-0.25, -0.2) is 0 Å². The van der Waals surface area contributed by atoms with E-state index in [-0.39, 0.29) is 11.0 Å². The first-order chi connectivity index (χ1) is 15.8. The van der Waals surface area contributed by atoms with E-state index in [1.807, 2.05) is 31.2 Å². The Labute approximate surface area is 192 Å². The summed E-state index contributed by atoms with van der Waals surface area (Å²) < 4.78 is 50.6. The Morgan fingerprint density at radius 2 is 1.91 bits per heavy atom. The number of thioether (sulfide) groups is 1. The molecule has 0 spiro atoms. The maximum atomic E-state index is 13.2. The van der Waals surface area contributed by atoms with Gasteiger partial charge < -0.3 is 19.4 Å². The molecular weight excluding hydrogens is 457 g/mol. The van der Waals surface area contributed by atoms with E-state index < -0.39 is 17.6 Å². The molecule has 1 amide bonds. The third-order valence-electron chi connectivity index (χ3n) is 5.06. The van der Waals surface area contributed by atoms with Crippen LogP contribution in [0.5, 0.6) is 0 Å². The highest BCUT2D eigenvalue weighted by Crippen LogP contribution is 2.36. The van der Waals surface area contributed by atoms with Crippen LogP contribution in [0.15, 0.2) is 52.1 Å². The van der Waals surface area contributed by atoms with Gasteiger partial charge in [0.2, 0.25) is 11.8 Å². The number of benzene rings is 2. The molecule has 0 radical (unpaired) electrons. The molecule has 11 heteroatoms. The molecular formula is C22H21F3N4O3S. The molecule has 1 N–H and O–H groups in total. The van der Waals surface area contributed by atoms with E-state index in [1.54, 1.807) is 4.90 Å². The zero-order chi connectivity index (χ0) is 23.4. The third kappa shape index (κ3) is 5.66. The van der Waals surface area contributed by atoms with Crippen molar-refractivity contribution in [2.75, 3.05) is 42.3 Å². The predicted molar refractivity (Wildman–Crippen MR) is 118 cm³/mol. The van der Waals surface area contributed by atoms with Crippen LogP contribution in [-0.2, 0) is 15.7 Å². The molecule has 1 aliphatic heterocycles. The molecule has 4 rings (SSSR count). The van der Waals surface area contributed by atoms with E-state index in [0.717, 1.165) is 35.0 Å². The molecule has 3 aromatic rings. The lowest BCUT2D eigenvalue weighted by Crippen LogP contribution is -2.37. The van der Waals surface area contributed by atoms with Crippen LogP contribution < -0.4 is 10.2 Å². The van der Waals surface area contributed by atoms with Gasteiger partial charge in [-0.05, 0) is 36.8 Å². The smallest absolute Gasteiger partial charge is 0.411 e. The first kappa shape index (κ1) is 23.1. The van der Waals surface area contributed by atoms with Crippen molar-refractivity contribution in [2.45, 2.75) is 18.3 Å². The standard InChI is InChI=1S/C22H21F3N4O3S/c1-14-4-2-3-5-16(14)20-27-28-21(32-20)33-13-19(30)26-17-7-6-15(22(23,24)25)12-18(17)29-8-10-31-11-9-29/h2-7,12H,8-11,13H2,1H3,(H,26,30). The molecule has 1 aromatic heterocycles. The van der Waals surface area contributed by atoms with Gasteiger partial charge in [-0.15, -0.1) is 10.2 Å². The van der Waals surface area contributed by atoms with E-state index in [4.69, 9.17) is 9.15 Å². The normalized spacial score (nSPS) is 14.4. The summed E-state index contributed by atoms with van der Waals surface area (Å²) >= 11 is 1.05. The second kappa shape index (κ2) is 9.84. The van der Waals surface area contributed by atoms with E-state index in [0.29, 0.717) is 43.6 Å². The summed E-state index contributed by atoms with van der Waals surface area (Å²) in [5.74, 6) is -0.0860. The molecule has 0 atom stereocenters. The average molecular weight is 478 g/mol. The number of carbonyl (C=O) groups is 1. The van der Waals surface area contributed by atoms with Crippen molar-refractivity contribution < 1.29 is 27.1 Å². The van der Waals surface area contributed by atoms with Gasteiger partial charge in [0.05, 0.1) is 35.9 Å². The van der Waals surface area contributed by atoms with Crippen molar-refractivity contribution in [2.24, 2.45) is 0 Å². The van der Waals surface area contributed by atoms with Crippen LogP contribution in [0.2, 0.25) is 0 Å². The lowest BCUT2D eigenvalue weighted by atomic mass is 10.1. The topological polar surface area (TPSA) is 80.5 Å². The van der Waals surface area contributed by atoms with Crippen molar-refractivity contribution in [3.05, 3.63) is 53.6 Å². The molecule has 1 aliphatic rings. The van der Waals surface area contributed by atoms with E-state index in [9.17, 15) is 18.0 Å². The third-order valence-corrected chi connectivity index (χ3v) is 5.88. The number of nitrogens with one attached hydrogen (secondary N) is 1. The molecule has 7 nitrogen and oxygen atoms in total. The second-order valence-corrected chi connectivity index (χ2v) is 8.28. The van der Waals surface area contributed by atoms with Gasteiger partial charge >= 0.3 is 6.18 Å². The minimum Gasteiger partial charge on any atom is -0.411 e. The predicted octanol–water partition coefficient (Wildman–Crippen LogP) is 4.63. The van der Waals surface area contributed by atoms with Crippen LogP contribution in [0.3, 0.4) is 0 Å². The Balaban J connectivity index is 1.44. The Morgan fingerprint density at radius 1 is 1.15 bits per heavy atom. The zero-order valence-corrected chi connectivity index (χ0v) is 18.5. The molecule has 2 heterocycles. The van der Waals surface area contributed by atoms with Crippen molar-refractivity contribution in [3.63, 3.8) is 0 Å². The van der Waals surface area contributed by atoms with Crippen LogP contribution in [0.1, 0.15) is 11.1 Å². The summed E-state index contributed by atoms with van der Waals surface area (Å²) in [6, 6.07) is 10.8. The van der Waals surface area contributed by atoms with E-state index in [1.165, 1.54) is 6.07 Å². The number of hydrogen-bond acceptors (Lipinski definition) is 7. The highest BCUT2D eigenvalue weighted by Gasteiger charge is 2.32. The summed E-state index contributed by atoms with van der Waals surface area (Å²) in [6.45, 7) is 3.60. The SMILES string of the molecule is Cc1ccccc1-c1nnc(SCC(=O)Nc2ccc(C(F)(F)F)cc2N2CCOCC2)o1. The molecule has 33 heavy (non-hydrogen) atoms. The molecule has 0 bridgehead atoms. The van der Waals surface area contributed by atoms with Gasteiger partial charge in [0.25, 0.3) is 5.22 Å². The minimum absolute atomic E-state index is 0.0427. The van der Waals surface area contributed by atoms with Crippen LogP contribution in [0.4, 0.5) is 24.5 Å². The fraction of sp³-hybridized carbons (Fsp3) is 0.318. The van der Waals surface area contributed by atoms with Crippen LogP contribution in [0, 0.1) is 6.92 Å². The number of rotatable bonds is 6. The molecule has 0 saturated carbocycles. The molecule has 0 unspecified atom stereocenters. The molecule has 174 valence electrons. The Kier molecular flexibility index (Phi) is 6.89. The number of amides is 1. The summed E-state index contributed by atoms with van der Waals surface area (Å²) in [5.41, 5.74) is 1.63. The minimum atomic E-state index is -4.48. The van der Waals surface area contributed by atoms with Gasteiger partial charge in [0.15, 0.2) is 0 Å². The average Bonchev–Trinajstić information content (AvgIpc) is 3.27. The fourth-order valence-electron chi connectivity index (χ4n) is 3.38. The largest absolute Gasteiger partial charge is 0.416 e. The summed E-state index contributed by atoms with van der Waals surface area (Å²) in [6.07, 6.45) is -4.48. The number of ether oxygens (including phenoxy) is 1.